The van der Waals surface area contributed by atoms with Gasteiger partial charge in [0.25, 0.3) is 0 Å². The van der Waals surface area contributed by atoms with E-state index in [4.69, 9.17) is 21.1 Å². The van der Waals surface area contributed by atoms with E-state index < -0.39 is 17.9 Å². The maximum atomic E-state index is 11.2. The molecule has 8 nitrogen and oxygen atoms in total. The average Bonchev–Trinajstić information content (AvgIpc) is 2.76. The predicted molar refractivity (Wildman–Crippen MR) is 119 cm³/mol. The van der Waals surface area contributed by atoms with Crippen molar-refractivity contribution in [3.63, 3.8) is 0 Å². The number of rotatable bonds is 13. The highest BCUT2D eigenvalue weighted by molar-refractivity contribution is 6.26. The first-order valence-corrected chi connectivity index (χ1v) is 10.4. The van der Waals surface area contributed by atoms with Crippen molar-refractivity contribution in [3.8, 4) is 0 Å². The molecule has 178 valence electrons. The van der Waals surface area contributed by atoms with Gasteiger partial charge in [0.2, 0.25) is 0 Å². The lowest BCUT2D eigenvalue weighted by atomic mass is 10.2. The van der Waals surface area contributed by atoms with Gasteiger partial charge in [-0.3, -0.25) is 9.59 Å². The van der Waals surface area contributed by atoms with Crippen LogP contribution in [0.4, 0.5) is 0 Å². The number of alkyl halides is 1. The van der Waals surface area contributed by atoms with E-state index in [2.05, 4.69) is 29.2 Å². The number of hydrogen-bond acceptors (Lipinski definition) is 8. The standard InChI is InChI=1S/C11H18O4.C7H12O2.C4H5ClO2/c1-4-6-14-10(12)8-9(3)11(13)15-7-5-2;1-3-5-6-9-7(8)4-2;1-2-7-4(6)3-5/h3-8H2,1-2H3;4H,2-3,5-6H2,1H3;2H,1,3H2. The normalized spacial score (nSPS) is 8.77. The summed E-state index contributed by atoms with van der Waals surface area (Å²) in [7, 11) is 0. The van der Waals surface area contributed by atoms with Gasteiger partial charge in [-0.2, -0.15) is 0 Å². The van der Waals surface area contributed by atoms with Crippen molar-refractivity contribution in [1.29, 1.82) is 0 Å². The SMILES string of the molecule is C=C(CC(=O)OCCC)C(=O)OCCC.C=CC(=O)OCCCC.C=COC(=O)CCl. The highest BCUT2D eigenvalue weighted by Crippen LogP contribution is 2.03. The van der Waals surface area contributed by atoms with Gasteiger partial charge in [0, 0.05) is 11.6 Å². The molecule has 31 heavy (non-hydrogen) atoms. The van der Waals surface area contributed by atoms with E-state index >= 15 is 0 Å². The van der Waals surface area contributed by atoms with Gasteiger partial charge >= 0.3 is 23.9 Å². The van der Waals surface area contributed by atoms with Gasteiger partial charge in [-0.1, -0.05) is 46.9 Å². The molecule has 0 aliphatic rings. The minimum atomic E-state index is -0.523. The Hall–Kier alpha value is -2.61. The first-order valence-electron chi connectivity index (χ1n) is 9.89. The van der Waals surface area contributed by atoms with E-state index in [9.17, 15) is 19.2 Å². The average molecular weight is 463 g/mol. The molecule has 0 N–H and O–H groups in total. The molecule has 0 radical (unpaired) electrons. The number of esters is 4. The Morgan fingerprint density at radius 3 is 1.84 bits per heavy atom. The number of halogens is 1. The van der Waals surface area contributed by atoms with Crippen LogP contribution < -0.4 is 0 Å². The summed E-state index contributed by atoms with van der Waals surface area (Å²) in [5.74, 6) is -1.88. The molecule has 0 amide bonds. The lowest BCUT2D eigenvalue weighted by Gasteiger charge is -2.06. The second kappa shape index (κ2) is 25.4. The van der Waals surface area contributed by atoms with Crippen LogP contribution in [0.25, 0.3) is 0 Å². The van der Waals surface area contributed by atoms with Crippen molar-refractivity contribution < 1.29 is 38.1 Å². The van der Waals surface area contributed by atoms with E-state index in [0.29, 0.717) is 19.8 Å². The van der Waals surface area contributed by atoms with Crippen molar-refractivity contribution in [2.24, 2.45) is 0 Å². The summed E-state index contributed by atoms with van der Waals surface area (Å²) in [6.45, 7) is 17.0. The lowest BCUT2D eigenvalue weighted by Crippen LogP contribution is -2.13. The number of ether oxygens (including phenoxy) is 4. The van der Waals surface area contributed by atoms with E-state index in [1.807, 2.05) is 20.8 Å². The van der Waals surface area contributed by atoms with E-state index in [0.717, 1.165) is 31.9 Å². The highest BCUT2D eigenvalue weighted by Gasteiger charge is 2.13. The number of hydrogen-bond donors (Lipinski definition) is 0. The molecule has 0 saturated heterocycles. The largest absolute Gasteiger partial charge is 0.465 e. The number of unbranched alkanes of at least 4 members (excludes halogenated alkanes) is 1. The summed E-state index contributed by atoms with van der Waals surface area (Å²) in [5.41, 5.74) is 0.143. The lowest BCUT2D eigenvalue weighted by molar-refractivity contribution is -0.146. The fourth-order valence-electron chi connectivity index (χ4n) is 1.31. The van der Waals surface area contributed by atoms with Gasteiger partial charge in [0.15, 0.2) is 0 Å². The molecule has 0 aliphatic carbocycles. The van der Waals surface area contributed by atoms with Gasteiger partial charge in [-0.05, 0) is 19.3 Å². The molecule has 0 aliphatic heterocycles. The minimum Gasteiger partial charge on any atom is -0.465 e. The van der Waals surface area contributed by atoms with Crippen LogP contribution in [0, 0.1) is 0 Å². The van der Waals surface area contributed by atoms with Gasteiger partial charge in [0.1, 0.15) is 5.88 Å². The summed E-state index contributed by atoms with van der Waals surface area (Å²) in [6.07, 6.45) is 5.62. The molecule has 0 atom stereocenters. The molecule has 0 spiro atoms. The Kier molecular flexibility index (Phi) is 27.1. The monoisotopic (exact) mass is 462 g/mol. The van der Waals surface area contributed by atoms with Crippen molar-refractivity contribution >= 4 is 35.5 Å². The predicted octanol–water partition coefficient (Wildman–Crippen LogP) is 4.27. The van der Waals surface area contributed by atoms with Crippen LogP contribution in [-0.2, 0) is 38.1 Å². The summed E-state index contributed by atoms with van der Waals surface area (Å²) in [6, 6.07) is 0. The molecule has 9 heteroatoms. The third-order valence-electron chi connectivity index (χ3n) is 2.78. The zero-order valence-corrected chi connectivity index (χ0v) is 19.5. The van der Waals surface area contributed by atoms with E-state index in [1.54, 1.807) is 0 Å². The van der Waals surface area contributed by atoms with Crippen LogP contribution in [-0.4, -0.2) is 49.6 Å². The van der Waals surface area contributed by atoms with Crippen LogP contribution in [0.5, 0.6) is 0 Å². The molecular weight excluding hydrogens is 428 g/mol. The molecular formula is C22H35ClO8. The van der Waals surface area contributed by atoms with Crippen LogP contribution in [0.1, 0.15) is 52.9 Å². The maximum Gasteiger partial charge on any atom is 0.333 e. The fourth-order valence-corrected chi connectivity index (χ4v) is 1.37. The number of carbonyl (C=O) groups excluding carboxylic acids is 4. The highest BCUT2D eigenvalue weighted by atomic mass is 35.5. The molecule has 0 rings (SSSR count). The molecule has 0 saturated carbocycles. The Morgan fingerprint density at radius 2 is 1.42 bits per heavy atom. The number of carbonyl (C=O) groups is 4. The summed E-state index contributed by atoms with van der Waals surface area (Å²) in [4.78, 5) is 42.6. The Labute approximate surface area is 190 Å². The van der Waals surface area contributed by atoms with Gasteiger partial charge < -0.3 is 18.9 Å². The van der Waals surface area contributed by atoms with Gasteiger partial charge in [0.05, 0.1) is 32.5 Å². The summed E-state index contributed by atoms with van der Waals surface area (Å²) < 4.78 is 18.5. The molecule has 0 fully saturated rings. The molecule has 0 aromatic carbocycles. The fraction of sp³-hybridized carbons (Fsp3) is 0.545. The second-order valence-corrected chi connectivity index (χ2v) is 5.92. The van der Waals surface area contributed by atoms with Crippen LogP contribution in [0.3, 0.4) is 0 Å². The second-order valence-electron chi connectivity index (χ2n) is 5.65. The van der Waals surface area contributed by atoms with Crippen LogP contribution in [0.15, 0.2) is 37.6 Å². The van der Waals surface area contributed by atoms with Crippen molar-refractivity contribution in [1.82, 2.24) is 0 Å². The van der Waals surface area contributed by atoms with Gasteiger partial charge in [-0.15, -0.1) is 11.6 Å². The van der Waals surface area contributed by atoms with Crippen molar-refractivity contribution in [2.75, 3.05) is 25.7 Å². The Bertz CT molecular complexity index is 558. The molecule has 0 aromatic heterocycles. The molecule has 0 aromatic rings. The van der Waals surface area contributed by atoms with E-state index in [1.165, 1.54) is 6.08 Å². The smallest absolute Gasteiger partial charge is 0.333 e. The Morgan fingerprint density at radius 1 is 0.839 bits per heavy atom. The minimum absolute atomic E-state index is 0.0947. The van der Waals surface area contributed by atoms with Crippen molar-refractivity contribution in [3.05, 3.63) is 37.6 Å². The Balaban J connectivity index is -0.000000417. The molecule has 0 unspecified atom stereocenters. The summed E-state index contributed by atoms with van der Waals surface area (Å²) in [5, 5.41) is 0. The topological polar surface area (TPSA) is 105 Å². The van der Waals surface area contributed by atoms with Crippen LogP contribution in [0.2, 0.25) is 0 Å². The third-order valence-corrected chi connectivity index (χ3v) is 3.00. The zero-order valence-electron chi connectivity index (χ0n) is 18.8. The summed E-state index contributed by atoms with van der Waals surface area (Å²) >= 11 is 5.01. The quantitative estimate of drug-likeness (QED) is 0.0997. The zero-order chi connectivity index (χ0) is 24.5. The van der Waals surface area contributed by atoms with Crippen molar-refractivity contribution in [2.45, 2.75) is 52.9 Å². The first-order chi connectivity index (χ1) is 14.7. The first kappa shape index (κ1) is 33.0. The molecule has 0 bridgehead atoms. The molecule has 0 heterocycles. The third kappa shape index (κ3) is 27.4. The van der Waals surface area contributed by atoms with E-state index in [-0.39, 0.29) is 23.8 Å². The van der Waals surface area contributed by atoms with Gasteiger partial charge in [-0.25, -0.2) is 9.59 Å². The maximum absolute atomic E-state index is 11.2. The van der Waals surface area contributed by atoms with Crippen LogP contribution >= 0.6 is 11.6 Å².